The van der Waals surface area contributed by atoms with Crippen molar-refractivity contribution in [3.05, 3.63) is 0 Å². The first-order valence-electron chi connectivity index (χ1n) is 8.93. The molecule has 2 aliphatic rings. The molecule has 2 heterocycles. The minimum atomic E-state index is 0. The van der Waals surface area contributed by atoms with Gasteiger partial charge in [-0.05, 0) is 58.5 Å². The number of carbonyl (C=O) groups excluding carboxylic acids is 2. The molecule has 2 saturated heterocycles. The highest BCUT2D eigenvalue weighted by Gasteiger charge is 2.29. The molecular weight excluding hydrogens is 314 g/mol. The normalized spacial score (nSPS) is 21.8. The summed E-state index contributed by atoms with van der Waals surface area (Å²) < 4.78 is 0. The molecule has 1 N–H and O–H groups in total. The molecule has 0 aromatic heterocycles. The standard InChI is InChI=1S/C17H31N3O2.ClH/c1-3-19(4-2)17(22)15-8-11-20(12-9-15)16(21)6-5-14-7-10-18-13-14;/h14-15,18H,3-13H2,1-2H3;1H. The average molecular weight is 346 g/mol. The Bertz CT molecular complexity index is 374. The molecule has 23 heavy (non-hydrogen) atoms. The van der Waals surface area contributed by atoms with Crippen LogP contribution in [0.5, 0.6) is 0 Å². The van der Waals surface area contributed by atoms with Crippen molar-refractivity contribution in [1.29, 1.82) is 0 Å². The molecule has 2 aliphatic heterocycles. The smallest absolute Gasteiger partial charge is 0.225 e. The third-order valence-corrected chi connectivity index (χ3v) is 5.20. The minimum absolute atomic E-state index is 0. The summed E-state index contributed by atoms with van der Waals surface area (Å²) in [6, 6.07) is 0. The van der Waals surface area contributed by atoms with Crippen LogP contribution in [0.1, 0.15) is 46.0 Å². The zero-order valence-electron chi connectivity index (χ0n) is 14.6. The molecule has 5 nitrogen and oxygen atoms in total. The molecule has 0 bridgehead atoms. The predicted molar refractivity (Wildman–Crippen MR) is 94.7 cm³/mol. The molecule has 0 saturated carbocycles. The van der Waals surface area contributed by atoms with E-state index in [1.165, 1.54) is 6.42 Å². The first-order valence-corrected chi connectivity index (χ1v) is 8.93. The molecule has 6 heteroatoms. The van der Waals surface area contributed by atoms with E-state index in [1.807, 2.05) is 23.6 Å². The monoisotopic (exact) mass is 345 g/mol. The Kier molecular flexibility index (Phi) is 8.92. The third kappa shape index (κ3) is 5.64. The van der Waals surface area contributed by atoms with Gasteiger partial charge < -0.3 is 15.1 Å². The first-order chi connectivity index (χ1) is 10.7. The number of nitrogens with one attached hydrogen (secondary N) is 1. The lowest BCUT2D eigenvalue weighted by Gasteiger charge is -2.34. The second-order valence-corrected chi connectivity index (χ2v) is 6.56. The third-order valence-electron chi connectivity index (χ3n) is 5.20. The fraction of sp³-hybridized carbons (Fsp3) is 0.882. The van der Waals surface area contributed by atoms with Crippen molar-refractivity contribution in [1.82, 2.24) is 15.1 Å². The molecule has 1 unspecified atom stereocenters. The molecule has 2 amide bonds. The van der Waals surface area contributed by atoms with Gasteiger partial charge in [0.05, 0.1) is 0 Å². The molecular formula is C17H32ClN3O2. The lowest BCUT2D eigenvalue weighted by molar-refractivity contribution is -0.140. The topological polar surface area (TPSA) is 52.7 Å². The molecule has 0 aromatic rings. The highest BCUT2D eigenvalue weighted by molar-refractivity contribution is 5.85. The summed E-state index contributed by atoms with van der Waals surface area (Å²) in [5, 5.41) is 3.35. The van der Waals surface area contributed by atoms with Crippen molar-refractivity contribution >= 4 is 24.2 Å². The van der Waals surface area contributed by atoms with Gasteiger partial charge in [0.15, 0.2) is 0 Å². The lowest BCUT2D eigenvalue weighted by atomic mass is 9.94. The van der Waals surface area contributed by atoms with Crippen LogP contribution < -0.4 is 5.32 Å². The Labute approximate surface area is 146 Å². The highest BCUT2D eigenvalue weighted by atomic mass is 35.5. The quantitative estimate of drug-likeness (QED) is 0.800. The van der Waals surface area contributed by atoms with Gasteiger partial charge in [0.2, 0.25) is 11.8 Å². The maximum absolute atomic E-state index is 12.4. The molecule has 0 aliphatic carbocycles. The van der Waals surface area contributed by atoms with E-state index in [0.717, 1.165) is 58.5 Å². The van der Waals surface area contributed by atoms with Crippen LogP contribution in [0.3, 0.4) is 0 Å². The summed E-state index contributed by atoms with van der Waals surface area (Å²) in [6.07, 6.45) is 4.52. The molecule has 134 valence electrons. The van der Waals surface area contributed by atoms with Gasteiger partial charge in [-0.15, -0.1) is 12.4 Å². The fourth-order valence-corrected chi connectivity index (χ4v) is 3.62. The van der Waals surface area contributed by atoms with Gasteiger partial charge in [0.1, 0.15) is 0 Å². The van der Waals surface area contributed by atoms with E-state index in [2.05, 4.69) is 5.32 Å². The number of nitrogens with zero attached hydrogens (tertiary/aromatic N) is 2. The van der Waals surface area contributed by atoms with E-state index in [4.69, 9.17) is 0 Å². The SMILES string of the molecule is CCN(CC)C(=O)C1CCN(C(=O)CCC2CCNC2)CC1.Cl. The number of hydrogen-bond acceptors (Lipinski definition) is 3. The maximum atomic E-state index is 12.4. The Morgan fingerprint density at radius 2 is 1.78 bits per heavy atom. The number of carbonyl (C=O) groups is 2. The van der Waals surface area contributed by atoms with Crippen LogP contribution in [0.4, 0.5) is 0 Å². The Hall–Kier alpha value is -0.810. The van der Waals surface area contributed by atoms with Crippen LogP contribution in [0.2, 0.25) is 0 Å². The van der Waals surface area contributed by atoms with Gasteiger partial charge >= 0.3 is 0 Å². The summed E-state index contributed by atoms with van der Waals surface area (Å²) in [7, 11) is 0. The number of rotatable bonds is 6. The van der Waals surface area contributed by atoms with Crippen LogP contribution in [0, 0.1) is 11.8 Å². The summed E-state index contributed by atoms with van der Waals surface area (Å²) in [5.74, 6) is 1.34. The zero-order valence-corrected chi connectivity index (χ0v) is 15.4. The summed E-state index contributed by atoms with van der Waals surface area (Å²) in [5.41, 5.74) is 0. The number of piperidine rings is 1. The largest absolute Gasteiger partial charge is 0.343 e. The minimum Gasteiger partial charge on any atom is -0.343 e. The average Bonchev–Trinajstić information content (AvgIpc) is 3.07. The van der Waals surface area contributed by atoms with Crippen molar-refractivity contribution in [2.45, 2.75) is 46.0 Å². The van der Waals surface area contributed by atoms with E-state index in [1.54, 1.807) is 0 Å². The highest BCUT2D eigenvalue weighted by Crippen LogP contribution is 2.22. The van der Waals surface area contributed by atoms with Crippen molar-refractivity contribution in [2.75, 3.05) is 39.3 Å². The van der Waals surface area contributed by atoms with Gasteiger partial charge in [-0.2, -0.15) is 0 Å². The lowest BCUT2D eigenvalue weighted by Crippen LogP contribution is -2.44. The van der Waals surface area contributed by atoms with Gasteiger partial charge in [-0.1, -0.05) is 0 Å². The zero-order chi connectivity index (χ0) is 15.9. The van der Waals surface area contributed by atoms with Crippen LogP contribution >= 0.6 is 12.4 Å². The second kappa shape index (κ2) is 10.1. The van der Waals surface area contributed by atoms with Crippen LogP contribution in [0.25, 0.3) is 0 Å². The van der Waals surface area contributed by atoms with Crippen molar-refractivity contribution in [3.63, 3.8) is 0 Å². The van der Waals surface area contributed by atoms with E-state index < -0.39 is 0 Å². The Morgan fingerprint density at radius 1 is 1.13 bits per heavy atom. The first kappa shape index (κ1) is 20.2. The number of halogens is 1. The van der Waals surface area contributed by atoms with Crippen LogP contribution in [-0.2, 0) is 9.59 Å². The molecule has 0 aromatic carbocycles. The van der Waals surface area contributed by atoms with E-state index >= 15 is 0 Å². The van der Waals surface area contributed by atoms with E-state index in [0.29, 0.717) is 12.3 Å². The second-order valence-electron chi connectivity index (χ2n) is 6.56. The summed E-state index contributed by atoms with van der Waals surface area (Å²) in [6.45, 7) is 9.27. The van der Waals surface area contributed by atoms with Crippen molar-refractivity contribution in [2.24, 2.45) is 11.8 Å². The van der Waals surface area contributed by atoms with Gasteiger partial charge in [0, 0.05) is 38.5 Å². The van der Waals surface area contributed by atoms with Crippen LogP contribution in [0.15, 0.2) is 0 Å². The van der Waals surface area contributed by atoms with Gasteiger partial charge in [0.25, 0.3) is 0 Å². The van der Waals surface area contributed by atoms with Gasteiger partial charge in [-0.3, -0.25) is 9.59 Å². The van der Waals surface area contributed by atoms with Crippen molar-refractivity contribution < 1.29 is 9.59 Å². The molecule has 2 rings (SSSR count). The predicted octanol–water partition coefficient (Wildman–Crippen LogP) is 1.90. The summed E-state index contributed by atoms with van der Waals surface area (Å²) in [4.78, 5) is 28.5. The molecule has 1 atom stereocenters. The van der Waals surface area contributed by atoms with Crippen molar-refractivity contribution in [3.8, 4) is 0 Å². The number of likely N-dealkylation sites (tertiary alicyclic amines) is 1. The van der Waals surface area contributed by atoms with Gasteiger partial charge in [-0.25, -0.2) is 0 Å². The fourth-order valence-electron chi connectivity index (χ4n) is 3.62. The number of amides is 2. The Balaban J connectivity index is 0.00000264. The molecule has 0 spiro atoms. The maximum Gasteiger partial charge on any atom is 0.225 e. The van der Waals surface area contributed by atoms with E-state index in [-0.39, 0.29) is 30.1 Å². The van der Waals surface area contributed by atoms with E-state index in [9.17, 15) is 9.59 Å². The molecule has 0 radical (unpaired) electrons. The number of hydrogen-bond donors (Lipinski definition) is 1. The van der Waals surface area contributed by atoms with Crippen LogP contribution in [-0.4, -0.2) is 60.9 Å². The molecule has 2 fully saturated rings. The summed E-state index contributed by atoms with van der Waals surface area (Å²) >= 11 is 0. The Morgan fingerprint density at radius 3 is 2.30 bits per heavy atom.